The molecule has 9 aromatic rings. The molecular weight excluding hydrogens is 591 g/mol. The van der Waals surface area contributed by atoms with Crippen LogP contribution in [0.3, 0.4) is 0 Å². The van der Waals surface area contributed by atoms with Crippen LogP contribution in [0, 0.1) is 0 Å². The molecule has 0 amide bonds. The highest BCUT2D eigenvalue weighted by atomic mass is 32.1. The summed E-state index contributed by atoms with van der Waals surface area (Å²) in [5.74, 6) is 1.59. The third-order valence-corrected chi connectivity index (χ3v) is 11.2. The number of nitrogens with zero attached hydrogens (tertiary/aromatic N) is 3. The van der Waals surface area contributed by atoms with Gasteiger partial charge in [0, 0.05) is 59.1 Å². The fraction of sp³-hybridized carbons (Fsp3) is 0.0698. The van der Waals surface area contributed by atoms with Gasteiger partial charge in [0.25, 0.3) is 0 Å². The second-order valence-corrected chi connectivity index (χ2v) is 14.0. The first-order valence-corrected chi connectivity index (χ1v) is 16.9. The van der Waals surface area contributed by atoms with E-state index in [9.17, 15) is 0 Å². The van der Waals surface area contributed by atoms with Gasteiger partial charge in [0.05, 0.1) is 16.7 Å². The maximum Gasteiger partial charge on any atom is 0.162 e. The average molecular weight is 620 g/mol. The van der Waals surface area contributed by atoms with Crippen LogP contribution in [0.4, 0.5) is 0 Å². The molecule has 0 spiro atoms. The first-order chi connectivity index (χ1) is 23.1. The number of benzene rings is 6. The summed E-state index contributed by atoms with van der Waals surface area (Å²) in [6, 6.07) is 49.7. The number of para-hydroxylation sites is 1. The van der Waals surface area contributed by atoms with E-state index >= 15 is 0 Å². The van der Waals surface area contributed by atoms with Crippen LogP contribution < -0.4 is 0 Å². The molecule has 222 valence electrons. The smallest absolute Gasteiger partial charge is 0.162 e. The van der Waals surface area contributed by atoms with Gasteiger partial charge in [0.15, 0.2) is 5.82 Å². The zero-order valence-electron chi connectivity index (χ0n) is 26.0. The lowest BCUT2D eigenvalue weighted by Gasteiger charge is -2.24. The van der Waals surface area contributed by atoms with Gasteiger partial charge in [-0.05, 0) is 28.8 Å². The Hall–Kier alpha value is -5.58. The molecule has 0 atom stereocenters. The van der Waals surface area contributed by atoms with Crippen LogP contribution in [-0.2, 0) is 5.41 Å². The van der Waals surface area contributed by atoms with E-state index in [1.54, 1.807) is 0 Å². The van der Waals surface area contributed by atoms with E-state index in [4.69, 9.17) is 9.97 Å². The molecule has 3 heterocycles. The molecule has 0 saturated heterocycles. The summed E-state index contributed by atoms with van der Waals surface area (Å²) >= 11 is 1.92. The summed E-state index contributed by atoms with van der Waals surface area (Å²) in [6.07, 6.45) is 0. The molecule has 3 aromatic heterocycles. The standard InChI is InChI=1S/C43H29N3S/c1-43(2)31-22-12-9-19-28(31)38-39(43)40-36(37-30-21-11-14-24-34(30)47-41(37)38)29-20-10-13-23-33(29)46(40)35-25-32(26-15-5-3-6-16-26)44-42(45-35)27-17-7-4-8-18-27/h3-25H,1-2H3. The van der Waals surface area contributed by atoms with Crippen molar-refractivity contribution in [2.75, 3.05) is 0 Å². The molecule has 6 aromatic carbocycles. The molecule has 0 aliphatic heterocycles. The quantitative estimate of drug-likeness (QED) is 0.197. The molecule has 1 aliphatic carbocycles. The van der Waals surface area contributed by atoms with Crippen molar-refractivity contribution in [1.29, 1.82) is 0 Å². The van der Waals surface area contributed by atoms with Gasteiger partial charge in [-0.3, -0.25) is 4.57 Å². The van der Waals surface area contributed by atoms with Crippen LogP contribution >= 0.6 is 11.3 Å². The van der Waals surface area contributed by atoms with E-state index in [0.29, 0.717) is 5.82 Å². The highest BCUT2D eigenvalue weighted by Gasteiger charge is 2.41. The topological polar surface area (TPSA) is 30.7 Å². The first kappa shape index (κ1) is 26.6. The molecule has 4 heteroatoms. The number of aromatic nitrogens is 3. The lowest BCUT2D eigenvalue weighted by atomic mass is 9.81. The van der Waals surface area contributed by atoms with Crippen LogP contribution in [0.1, 0.15) is 25.0 Å². The highest BCUT2D eigenvalue weighted by molar-refractivity contribution is 7.26. The summed E-state index contributed by atoms with van der Waals surface area (Å²) in [4.78, 5) is 10.5. The van der Waals surface area contributed by atoms with Crippen molar-refractivity contribution in [2.24, 2.45) is 0 Å². The highest BCUT2D eigenvalue weighted by Crippen LogP contribution is 2.58. The van der Waals surface area contributed by atoms with Gasteiger partial charge in [0.2, 0.25) is 0 Å². The molecule has 0 radical (unpaired) electrons. The Morgan fingerprint density at radius 3 is 2.09 bits per heavy atom. The largest absolute Gasteiger partial charge is 0.293 e. The maximum atomic E-state index is 5.38. The normalized spacial score (nSPS) is 13.5. The zero-order valence-corrected chi connectivity index (χ0v) is 26.8. The molecule has 0 saturated carbocycles. The van der Waals surface area contributed by atoms with Crippen LogP contribution in [0.15, 0.2) is 140 Å². The van der Waals surface area contributed by atoms with E-state index in [0.717, 1.165) is 28.2 Å². The van der Waals surface area contributed by atoms with E-state index in [-0.39, 0.29) is 5.41 Å². The van der Waals surface area contributed by atoms with E-state index in [1.807, 2.05) is 17.4 Å². The van der Waals surface area contributed by atoms with Crippen LogP contribution in [0.2, 0.25) is 0 Å². The molecule has 0 N–H and O–H groups in total. The lowest BCUT2D eigenvalue weighted by Crippen LogP contribution is -2.17. The van der Waals surface area contributed by atoms with E-state index in [1.165, 1.54) is 58.7 Å². The Morgan fingerprint density at radius 1 is 0.617 bits per heavy atom. The van der Waals surface area contributed by atoms with E-state index in [2.05, 4.69) is 152 Å². The van der Waals surface area contributed by atoms with Crippen molar-refractivity contribution < 1.29 is 0 Å². The molecule has 3 nitrogen and oxygen atoms in total. The predicted molar refractivity (Wildman–Crippen MR) is 198 cm³/mol. The van der Waals surface area contributed by atoms with Crippen molar-refractivity contribution in [2.45, 2.75) is 19.3 Å². The van der Waals surface area contributed by atoms with Crippen molar-refractivity contribution in [1.82, 2.24) is 14.5 Å². The van der Waals surface area contributed by atoms with Crippen LogP contribution in [-0.4, -0.2) is 14.5 Å². The second kappa shape index (κ2) is 9.71. The lowest BCUT2D eigenvalue weighted by molar-refractivity contribution is 0.664. The maximum absolute atomic E-state index is 5.38. The Labute approximate surface area is 276 Å². The van der Waals surface area contributed by atoms with Crippen LogP contribution in [0.25, 0.3) is 81.6 Å². The summed E-state index contributed by atoms with van der Waals surface area (Å²) in [6.45, 7) is 4.78. The Kier molecular flexibility index (Phi) is 5.50. The van der Waals surface area contributed by atoms with Crippen molar-refractivity contribution in [3.63, 3.8) is 0 Å². The molecule has 0 bridgehead atoms. The molecular formula is C43H29N3S. The summed E-state index contributed by atoms with van der Waals surface area (Å²) in [5.41, 5.74) is 10.6. The second-order valence-electron chi connectivity index (χ2n) is 13.0. The minimum Gasteiger partial charge on any atom is -0.293 e. The molecule has 0 unspecified atom stereocenters. The Balaban J connectivity index is 1.44. The molecule has 10 rings (SSSR count). The number of rotatable bonds is 3. The molecule has 0 fully saturated rings. The van der Waals surface area contributed by atoms with Crippen LogP contribution in [0.5, 0.6) is 0 Å². The minimum absolute atomic E-state index is 0.224. The van der Waals surface area contributed by atoms with E-state index < -0.39 is 0 Å². The van der Waals surface area contributed by atoms with Gasteiger partial charge < -0.3 is 0 Å². The van der Waals surface area contributed by atoms with Gasteiger partial charge in [0.1, 0.15) is 5.82 Å². The third-order valence-electron chi connectivity index (χ3n) is 9.97. The SMILES string of the molecule is CC1(C)c2ccccc2-c2c1c1c(c3ccccc3n1-c1cc(-c3ccccc3)nc(-c3ccccc3)n1)c1c2sc2ccccc21. The summed E-state index contributed by atoms with van der Waals surface area (Å²) < 4.78 is 5.12. The fourth-order valence-corrected chi connectivity index (χ4v) is 9.21. The predicted octanol–water partition coefficient (Wildman–Crippen LogP) is 11.6. The minimum atomic E-state index is -0.224. The fourth-order valence-electron chi connectivity index (χ4n) is 7.94. The zero-order chi connectivity index (χ0) is 31.3. The first-order valence-electron chi connectivity index (χ1n) is 16.1. The summed E-state index contributed by atoms with van der Waals surface area (Å²) in [5, 5.41) is 5.19. The Bertz CT molecular complexity index is 2640. The van der Waals surface area contributed by atoms with Gasteiger partial charge >= 0.3 is 0 Å². The number of thiophene rings is 1. The number of hydrogen-bond donors (Lipinski definition) is 0. The van der Waals surface area contributed by atoms with Crippen molar-refractivity contribution in [3.05, 3.63) is 151 Å². The molecule has 47 heavy (non-hydrogen) atoms. The number of hydrogen-bond acceptors (Lipinski definition) is 3. The van der Waals surface area contributed by atoms with Gasteiger partial charge in [-0.25, -0.2) is 9.97 Å². The summed E-state index contributed by atoms with van der Waals surface area (Å²) in [7, 11) is 0. The van der Waals surface area contributed by atoms with Gasteiger partial charge in [-0.1, -0.05) is 135 Å². The Morgan fingerprint density at radius 2 is 1.28 bits per heavy atom. The van der Waals surface area contributed by atoms with Gasteiger partial charge in [-0.2, -0.15) is 0 Å². The molecule has 1 aliphatic rings. The van der Waals surface area contributed by atoms with Crippen molar-refractivity contribution in [3.8, 4) is 39.6 Å². The van der Waals surface area contributed by atoms with Crippen molar-refractivity contribution >= 4 is 53.3 Å². The number of fused-ring (bicyclic) bond motifs is 12. The van der Waals surface area contributed by atoms with Gasteiger partial charge in [-0.15, -0.1) is 11.3 Å². The monoisotopic (exact) mass is 619 g/mol. The third kappa shape index (κ3) is 3.67. The average Bonchev–Trinajstić information content (AvgIpc) is 3.75.